The minimum atomic E-state index is 0.506. The Labute approximate surface area is 126 Å². The number of thiophene rings is 1. The summed E-state index contributed by atoms with van der Waals surface area (Å²) in [5.41, 5.74) is 2.75. The minimum Gasteiger partial charge on any atom is -0.365 e. The third-order valence-corrected chi connectivity index (χ3v) is 5.40. The summed E-state index contributed by atoms with van der Waals surface area (Å²) in [5.74, 6) is 0. The average molecular weight is 337 g/mol. The zero-order valence-corrected chi connectivity index (χ0v) is 13.3. The van der Waals surface area contributed by atoms with E-state index in [2.05, 4.69) is 68.8 Å². The van der Waals surface area contributed by atoms with Crippen molar-refractivity contribution < 1.29 is 0 Å². The van der Waals surface area contributed by atoms with Gasteiger partial charge in [-0.1, -0.05) is 18.2 Å². The first-order valence-corrected chi connectivity index (χ1v) is 8.19. The van der Waals surface area contributed by atoms with E-state index in [0.717, 1.165) is 19.6 Å². The van der Waals surface area contributed by atoms with Gasteiger partial charge in [0.05, 0.1) is 6.54 Å². The van der Waals surface area contributed by atoms with Crippen molar-refractivity contribution in [2.45, 2.75) is 26.1 Å². The third-order valence-electron chi connectivity index (χ3n) is 3.49. The van der Waals surface area contributed by atoms with Crippen molar-refractivity contribution in [1.82, 2.24) is 5.32 Å². The van der Waals surface area contributed by atoms with Crippen LogP contribution in [0.2, 0.25) is 0 Å². The molecule has 1 aliphatic rings. The molecule has 100 valence electrons. The maximum atomic E-state index is 3.64. The fraction of sp³-hybridized carbons (Fsp3) is 0.333. The van der Waals surface area contributed by atoms with Gasteiger partial charge in [-0.25, -0.2) is 0 Å². The van der Waals surface area contributed by atoms with E-state index in [9.17, 15) is 0 Å². The number of para-hydroxylation sites is 1. The van der Waals surface area contributed by atoms with Crippen LogP contribution in [0.15, 0.2) is 40.2 Å². The number of benzene rings is 1. The summed E-state index contributed by atoms with van der Waals surface area (Å²) in [6.45, 7) is 5.23. The Morgan fingerprint density at radius 2 is 2.21 bits per heavy atom. The van der Waals surface area contributed by atoms with Crippen molar-refractivity contribution in [2.75, 3.05) is 11.4 Å². The standard InChI is InChI=1S/C15H17BrN2S/c1-11-9-18(10-15-13(16)6-7-19-15)14-5-3-2-4-12(14)8-17-11/h2-7,11,17H,8-10H2,1H3. The van der Waals surface area contributed by atoms with Crippen LogP contribution in [0, 0.1) is 0 Å². The first-order valence-electron chi connectivity index (χ1n) is 6.52. The maximum Gasteiger partial charge on any atom is 0.0534 e. The third kappa shape index (κ3) is 2.86. The number of fused-ring (bicyclic) bond motifs is 1. The molecular formula is C15H17BrN2S. The van der Waals surface area contributed by atoms with E-state index < -0.39 is 0 Å². The molecule has 0 radical (unpaired) electrons. The smallest absolute Gasteiger partial charge is 0.0534 e. The second kappa shape index (κ2) is 5.65. The number of hydrogen-bond donors (Lipinski definition) is 1. The van der Waals surface area contributed by atoms with E-state index >= 15 is 0 Å². The Bertz CT molecular complexity index is 567. The van der Waals surface area contributed by atoms with Crippen LogP contribution in [0.25, 0.3) is 0 Å². The molecule has 0 spiro atoms. The van der Waals surface area contributed by atoms with E-state index in [1.54, 1.807) is 0 Å². The number of nitrogens with zero attached hydrogens (tertiary/aromatic N) is 1. The Morgan fingerprint density at radius 3 is 3.00 bits per heavy atom. The lowest BCUT2D eigenvalue weighted by atomic mass is 10.1. The molecule has 1 aromatic carbocycles. The molecule has 1 unspecified atom stereocenters. The van der Waals surface area contributed by atoms with Crippen molar-refractivity contribution in [3.05, 3.63) is 50.6 Å². The quantitative estimate of drug-likeness (QED) is 0.891. The van der Waals surface area contributed by atoms with E-state index in [0.29, 0.717) is 6.04 Å². The zero-order valence-electron chi connectivity index (χ0n) is 10.9. The largest absolute Gasteiger partial charge is 0.365 e. The number of nitrogens with one attached hydrogen (secondary N) is 1. The van der Waals surface area contributed by atoms with Gasteiger partial charge in [-0.3, -0.25) is 0 Å². The molecule has 0 fully saturated rings. The van der Waals surface area contributed by atoms with Crippen molar-refractivity contribution in [2.24, 2.45) is 0 Å². The van der Waals surface area contributed by atoms with E-state index in [1.165, 1.54) is 20.6 Å². The van der Waals surface area contributed by atoms with Crippen molar-refractivity contribution in [3.63, 3.8) is 0 Å². The number of halogens is 1. The van der Waals surface area contributed by atoms with Gasteiger partial charge in [0.15, 0.2) is 0 Å². The summed E-state index contributed by atoms with van der Waals surface area (Å²) >= 11 is 5.45. The summed E-state index contributed by atoms with van der Waals surface area (Å²) < 4.78 is 1.22. The van der Waals surface area contributed by atoms with E-state index in [-0.39, 0.29) is 0 Å². The van der Waals surface area contributed by atoms with Gasteiger partial charge in [0.2, 0.25) is 0 Å². The summed E-state index contributed by atoms with van der Waals surface area (Å²) in [7, 11) is 0. The Hall–Kier alpha value is -0.840. The van der Waals surface area contributed by atoms with E-state index in [1.807, 2.05) is 11.3 Å². The van der Waals surface area contributed by atoms with Crippen molar-refractivity contribution >= 4 is 33.0 Å². The molecule has 1 aliphatic heterocycles. The molecule has 2 nitrogen and oxygen atoms in total. The Balaban J connectivity index is 1.92. The minimum absolute atomic E-state index is 0.506. The predicted octanol–water partition coefficient (Wildman–Crippen LogP) is 4.01. The molecular weight excluding hydrogens is 320 g/mol. The van der Waals surface area contributed by atoms with Crippen LogP contribution in [0.5, 0.6) is 0 Å². The van der Waals surface area contributed by atoms with Crippen LogP contribution in [0.3, 0.4) is 0 Å². The zero-order chi connectivity index (χ0) is 13.2. The van der Waals surface area contributed by atoms with Gasteiger partial charge in [-0.05, 0) is 45.9 Å². The van der Waals surface area contributed by atoms with Crippen molar-refractivity contribution in [3.8, 4) is 0 Å². The highest BCUT2D eigenvalue weighted by molar-refractivity contribution is 9.10. The van der Waals surface area contributed by atoms with Gasteiger partial charge < -0.3 is 10.2 Å². The second-order valence-electron chi connectivity index (χ2n) is 4.98. The fourth-order valence-corrected chi connectivity index (χ4v) is 4.00. The van der Waals surface area contributed by atoms with Crippen LogP contribution < -0.4 is 10.2 Å². The molecule has 0 saturated carbocycles. The monoisotopic (exact) mass is 336 g/mol. The van der Waals surface area contributed by atoms with Crippen LogP contribution in [-0.2, 0) is 13.1 Å². The first-order chi connectivity index (χ1) is 9.24. The van der Waals surface area contributed by atoms with Gasteiger partial charge in [-0.15, -0.1) is 11.3 Å². The highest BCUT2D eigenvalue weighted by atomic mass is 79.9. The summed E-state index contributed by atoms with van der Waals surface area (Å²) in [5, 5.41) is 5.72. The molecule has 1 aromatic heterocycles. The predicted molar refractivity (Wildman–Crippen MR) is 85.8 cm³/mol. The summed E-state index contributed by atoms with van der Waals surface area (Å²) in [6, 6.07) is 11.3. The molecule has 3 rings (SSSR count). The molecule has 4 heteroatoms. The van der Waals surface area contributed by atoms with Crippen LogP contribution >= 0.6 is 27.3 Å². The number of rotatable bonds is 2. The summed E-state index contributed by atoms with van der Waals surface area (Å²) in [6.07, 6.45) is 0. The SMILES string of the molecule is CC1CN(Cc2sccc2Br)c2ccccc2CN1. The van der Waals surface area contributed by atoms with Gasteiger partial charge in [0.25, 0.3) is 0 Å². The van der Waals surface area contributed by atoms with Crippen LogP contribution in [0.4, 0.5) is 5.69 Å². The summed E-state index contributed by atoms with van der Waals surface area (Å²) in [4.78, 5) is 3.88. The molecule has 1 N–H and O–H groups in total. The van der Waals surface area contributed by atoms with Gasteiger partial charge in [-0.2, -0.15) is 0 Å². The normalized spacial score (nSPS) is 19.1. The number of anilines is 1. The highest BCUT2D eigenvalue weighted by Gasteiger charge is 2.19. The first kappa shape index (κ1) is 13.2. The molecule has 19 heavy (non-hydrogen) atoms. The molecule has 0 bridgehead atoms. The molecule has 0 amide bonds. The molecule has 2 aromatic rings. The molecule has 0 saturated heterocycles. The maximum absolute atomic E-state index is 3.64. The molecule has 2 heterocycles. The van der Waals surface area contributed by atoms with Crippen LogP contribution in [0.1, 0.15) is 17.4 Å². The Kier molecular flexibility index (Phi) is 3.91. The van der Waals surface area contributed by atoms with E-state index in [4.69, 9.17) is 0 Å². The lowest BCUT2D eigenvalue weighted by Gasteiger charge is -2.26. The Morgan fingerprint density at radius 1 is 1.37 bits per heavy atom. The average Bonchev–Trinajstić information content (AvgIpc) is 2.73. The lowest BCUT2D eigenvalue weighted by Crippen LogP contribution is -2.35. The lowest BCUT2D eigenvalue weighted by molar-refractivity contribution is 0.553. The van der Waals surface area contributed by atoms with Gasteiger partial charge in [0.1, 0.15) is 0 Å². The van der Waals surface area contributed by atoms with Gasteiger partial charge >= 0.3 is 0 Å². The fourth-order valence-electron chi connectivity index (χ4n) is 2.51. The van der Waals surface area contributed by atoms with Gasteiger partial charge in [0, 0.05) is 34.2 Å². The molecule has 0 aliphatic carbocycles. The van der Waals surface area contributed by atoms with Crippen molar-refractivity contribution in [1.29, 1.82) is 0 Å². The number of hydrogen-bond acceptors (Lipinski definition) is 3. The van der Waals surface area contributed by atoms with Crippen LogP contribution in [-0.4, -0.2) is 12.6 Å². The molecule has 1 atom stereocenters. The second-order valence-corrected chi connectivity index (χ2v) is 6.84. The highest BCUT2D eigenvalue weighted by Crippen LogP contribution is 2.29. The topological polar surface area (TPSA) is 15.3 Å².